The Hall–Kier alpha value is -1.57. The normalized spacial score (nSPS) is 11.2. The van der Waals surface area contributed by atoms with Crippen LogP contribution < -0.4 is 0 Å². The number of esters is 1. The van der Waals surface area contributed by atoms with Crippen molar-refractivity contribution in [3.8, 4) is 0 Å². The zero-order chi connectivity index (χ0) is 14.7. The van der Waals surface area contributed by atoms with E-state index in [-0.39, 0.29) is 5.97 Å². The van der Waals surface area contributed by atoms with E-state index in [0.717, 1.165) is 18.4 Å². The van der Waals surface area contributed by atoms with Gasteiger partial charge < -0.3 is 4.74 Å². The predicted molar refractivity (Wildman–Crippen MR) is 81.2 cm³/mol. The van der Waals surface area contributed by atoms with Gasteiger partial charge in [0.05, 0.1) is 0 Å². The molecule has 0 N–H and O–H groups in total. The lowest BCUT2D eigenvalue weighted by Crippen LogP contribution is -2.06. The number of benzene rings is 1. The van der Waals surface area contributed by atoms with Crippen molar-refractivity contribution in [1.82, 2.24) is 0 Å². The monoisotopic (exact) mass is 262 g/mol. The number of allylic oxidation sites excluding steroid dienone is 2. The molecule has 2 heteroatoms. The van der Waals surface area contributed by atoms with E-state index < -0.39 is 0 Å². The van der Waals surface area contributed by atoms with Crippen molar-refractivity contribution in [2.45, 2.75) is 54.1 Å². The predicted octanol–water partition coefficient (Wildman–Crippen LogP) is 4.46. The summed E-state index contributed by atoms with van der Waals surface area (Å²) in [6, 6.07) is 6.19. The van der Waals surface area contributed by atoms with Gasteiger partial charge in [0.1, 0.15) is 6.61 Å². The summed E-state index contributed by atoms with van der Waals surface area (Å²) in [4.78, 5) is 10.7. The van der Waals surface area contributed by atoms with Crippen molar-refractivity contribution in [3.63, 3.8) is 0 Å². The standard InChI is InChI=1S/C13H14O2.2C2H6/c1-10(14)15-9-12-7-4-6-11-5-2-3-8-13(11)12;2*1-2/h2-4,6-7H,5,8-9H2,1H3;2*1-2H3. The van der Waals surface area contributed by atoms with Crippen LogP contribution in [-0.2, 0) is 29.0 Å². The lowest BCUT2D eigenvalue weighted by atomic mass is 9.93. The smallest absolute Gasteiger partial charge is 0.302 e. The molecule has 0 atom stereocenters. The van der Waals surface area contributed by atoms with Gasteiger partial charge in [-0.05, 0) is 29.5 Å². The van der Waals surface area contributed by atoms with Crippen molar-refractivity contribution in [2.75, 3.05) is 0 Å². The lowest BCUT2D eigenvalue weighted by Gasteiger charge is -2.15. The van der Waals surface area contributed by atoms with Gasteiger partial charge in [-0.1, -0.05) is 58.0 Å². The van der Waals surface area contributed by atoms with Crippen LogP contribution >= 0.6 is 0 Å². The topological polar surface area (TPSA) is 26.3 Å². The first kappa shape index (κ1) is 17.4. The Bertz CT molecular complexity index is 406. The van der Waals surface area contributed by atoms with Crippen molar-refractivity contribution in [1.29, 1.82) is 0 Å². The van der Waals surface area contributed by atoms with Gasteiger partial charge >= 0.3 is 5.97 Å². The van der Waals surface area contributed by atoms with Crippen molar-refractivity contribution >= 4 is 5.97 Å². The molecule has 0 aromatic heterocycles. The first-order valence-corrected chi connectivity index (χ1v) is 7.15. The second-order valence-corrected chi connectivity index (χ2v) is 3.71. The van der Waals surface area contributed by atoms with Gasteiger partial charge in [-0.3, -0.25) is 4.79 Å². The Kier molecular flexibility index (Phi) is 9.51. The second-order valence-electron chi connectivity index (χ2n) is 3.71. The summed E-state index contributed by atoms with van der Waals surface area (Å²) in [5.74, 6) is -0.223. The molecule has 0 saturated carbocycles. The third-order valence-electron chi connectivity index (χ3n) is 2.63. The largest absolute Gasteiger partial charge is 0.461 e. The van der Waals surface area contributed by atoms with E-state index >= 15 is 0 Å². The number of hydrogen-bond donors (Lipinski definition) is 0. The van der Waals surface area contributed by atoms with Crippen LogP contribution in [0.4, 0.5) is 0 Å². The van der Waals surface area contributed by atoms with E-state index in [1.807, 2.05) is 39.8 Å². The zero-order valence-corrected chi connectivity index (χ0v) is 12.8. The van der Waals surface area contributed by atoms with Crippen LogP contribution in [0.2, 0.25) is 0 Å². The van der Waals surface area contributed by atoms with E-state index in [9.17, 15) is 4.79 Å². The molecular weight excluding hydrogens is 236 g/mol. The average Bonchev–Trinajstić information content (AvgIpc) is 2.49. The van der Waals surface area contributed by atoms with Crippen LogP contribution in [0.25, 0.3) is 0 Å². The van der Waals surface area contributed by atoms with Gasteiger partial charge in [0.25, 0.3) is 0 Å². The molecule has 0 fully saturated rings. The van der Waals surface area contributed by atoms with E-state index in [4.69, 9.17) is 4.74 Å². The number of carbonyl (C=O) groups is 1. The van der Waals surface area contributed by atoms with Crippen molar-refractivity contribution in [2.24, 2.45) is 0 Å². The number of rotatable bonds is 2. The highest BCUT2D eigenvalue weighted by molar-refractivity contribution is 5.66. The Labute approximate surface area is 117 Å². The van der Waals surface area contributed by atoms with Crippen LogP contribution in [0.1, 0.15) is 51.3 Å². The summed E-state index contributed by atoms with van der Waals surface area (Å²) in [7, 11) is 0. The van der Waals surface area contributed by atoms with Crippen LogP contribution in [0.15, 0.2) is 30.4 Å². The molecule has 0 heterocycles. The maximum atomic E-state index is 10.7. The second kappa shape index (κ2) is 10.4. The molecule has 0 unspecified atom stereocenters. The number of carbonyl (C=O) groups excluding carboxylic acids is 1. The van der Waals surface area contributed by atoms with Gasteiger partial charge in [0.15, 0.2) is 0 Å². The number of hydrogen-bond acceptors (Lipinski definition) is 2. The van der Waals surface area contributed by atoms with Crippen molar-refractivity contribution < 1.29 is 9.53 Å². The summed E-state index contributed by atoms with van der Waals surface area (Å²) < 4.78 is 5.03. The highest BCUT2D eigenvalue weighted by Gasteiger charge is 2.09. The summed E-state index contributed by atoms with van der Waals surface area (Å²) in [6.45, 7) is 9.83. The molecule has 0 spiro atoms. The number of fused-ring (bicyclic) bond motifs is 1. The molecule has 2 rings (SSSR count). The van der Waals surface area contributed by atoms with Gasteiger partial charge in [0, 0.05) is 6.92 Å². The molecule has 1 aromatic carbocycles. The SMILES string of the molecule is CC.CC.CC(=O)OCc1cccc2c1CC=CC2. The minimum Gasteiger partial charge on any atom is -0.461 e. The summed E-state index contributed by atoms with van der Waals surface area (Å²) in [6.07, 6.45) is 6.29. The van der Waals surface area contributed by atoms with E-state index in [0.29, 0.717) is 6.61 Å². The molecule has 1 aromatic rings. The van der Waals surface area contributed by atoms with Crippen LogP contribution in [0.3, 0.4) is 0 Å². The third-order valence-corrected chi connectivity index (χ3v) is 2.63. The fourth-order valence-corrected chi connectivity index (χ4v) is 1.87. The van der Waals surface area contributed by atoms with E-state index in [2.05, 4.69) is 18.2 Å². The Morgan fingerprint density at radius 3 is 2.37 bits per heavy atom. The third kappa shape index (κ3) is 5.73. The maximum Gasteiger partial charge on any atom is 0.302 e. The quantitative estimate of drug-likeness (QED) is 0.581. The zero-order valence-electron chi connectivity index (χ0n) is 12.8. The number of ether oxygens (including phenoxy) is 1. The molecule has 0 radical (unpaired) electrons. The Morgan fingerprint density at radius 2 is 1.74 bits per heavy atom. The molecule has 1 aliphatic rings. The van der Waals surface area contributed by atoms with Crippen LogP contribution in [0, 0.1) is 0 Å². The minimum absolute atomic E-state index is 0.223. The summed E-state index contributed by atoms with van der Waals surface area (Å²) in [5.41, 5.74) is 3.80. The molecule has 0 aliphatic heterocycles. The van der Waals surface area contributed by atoms with Crippen LogP contribution in [-0.4, -0.2) is 5.97 Å². The van der Waals surface area contributed by atoms with Gasteiger partial charge in [-0.2, -0.15) is 0 Å². The average molecular weight is 262 g/mol. The van der Waals surface area contributed by atoms with E-state index in [1.165, 1.54) is 18.1 Å². The Morgan fingerprint density at radius 1 is 1.11 bits per heavy atom. The minimum atomic E-state index is -0.223. The van der Waals surface area contributed by atoms with Gasteiger partial charge in [-0.25, -0.2) is 0 Å². The highest BCUT2D eigenvalue weighted by Crippen LogP contribution is 2.21. The highest BCUT2D eigenvalue weighted by atomic mass is 16.5. The fourth-order valence-electron chi connectivity index (χ4n) is 1.87. The summed E-state index contributed by atoms with van der Waals surface area (Å²) >= 11 is 0. The van der Waals surface area contributed by atoms with Gasteiger partial charge in [-0.15, -0.1) is 0 Å². The molecule has 0 amide bonds. The first-order valence-electron chi connectivity index (χ1n) is 7.15. The van der Waals surface area contributed by atoms with E-state index in [1.54, 1.807) is 0 Å². The molecule has 0 saturated heterocycles. The lowest BCUT2D eigenvalue weighted by molar-refractivity contribution is -0.142. The first-order chi connectivity index (χ1) is 9.27. The molecule has 2 nitrogen and oxygen atoms in total. The molecule has 106 valence electrons. The summed E-state index contributed by atoms with van der Waals surface area (Å²) in [5, 5.41) is 0. The fraction of sp³-hybridized carbons (Fsp3) is 0.471. The molecule has 19 heavy (non-hydrogen) atoms. The molecular formula is C17H26O2. The van der Waals surface area contributed by atoms with Gasteiger partial charge in [0.2, 0.25) is 0 Å². The van der Waals surface area contributed by atoms with Crippen molar-refractivity contribution in [3.05, 3.63) is 47.0 Å². The molecule has 1 aliphatic carbocycles. The Balaban J connectivity index is 0.000000741. The van der Waals surface area contributed by atoms with Crippen LogP contribution in [0.5, 0.6) is 0 Å². The molecule has 0 bridgehead atoms. The maximum absolute atomic E-state index is 10.7.